The molecule has 0 aliphatic heterocycles. The van der Waals surface area contributed by atoms with E-state index in [1.54, 1.807) is 6.33 Å². The van der Waals surface area contributed by atoms with Crippen molar-refractivity contribution in [3.05, 3.63) is 16.1 Å². The molecule has 78 valence electrons. The minimum Gasteiger partial charge on any atom is -0.366 e. The first-order chi connectivity index (χ1) is 6.65. The van der Waals surface area contributed by atoms with Crippen LogP contribution in [0, 0.1) is 9.49 Å². The van der Waals surface area contributed by atoms with Crippen LogP contribution in [-0.4, -0.2) is 16.0 Å². The summed E-state index contributed by atoms with van der Waals surface area (Å²) in [5.74, 6) is 1.56. The van der Waals surface area contributed by atoms with Gasteiger partial charge in [-0.3, -0.25) is 0 Å². The molecule has 1 rings (SSSR count). The van der Waals surface area contributed by atoms with Gasteiger partial charge < -0.3 is 5.32 Å². The first-order valence-corrected chi connectivity index (χ1v) is 5.95. The van der Waals surface area contributed by atoms with Crippen molar-refractivity contribution in [2.45, 2.75) is 33.2 Å². The van der Waals surface area contributed by atoms with E-state index in [9.17, 15) is 0 Å². The Balaban J connectivity index is 2.72. The summed E-state index contributed by atoms with van der Waals surface area (Å²) < 4.78 is 1.07. The molecule has 0 aromatic carbocycles. The van der Waals surface area contributed by atoms with Crippen LogP contribution in [0.25, 0.3) is 0 Å². The Hall–Kier alpha value is -0.390. The lowest BCUT2D eigenvalue weighted by molar-refractivity contribution is 0.509. The van der Waals surface area contributed by atoms with Crippen molar-refractivity contribution in [1.29, 1.82) is 0 Å². The molecule has 0 saturated carbocycles. The van der Waals surface area contributed by atoms with Gasteiger partial charge in [-0.25, -0.2) is 9.97 Å². The van der Waals surface area contributed by atoms with Gasteiger partial charge >= 0.3 is 0 Å². The van der Waals surface area contributed by atoms with E-state index in [2.05, 4.69) is 58.6 Å². The number of halogens is 1. The number of nitrogens with one attached hydrogen (secondary N) is 1. The van der Waals surface area contributed by atoms with Crippen LogP contribution in [-0.2, 0) is 0 Å². The maximum absolute atomic E-state index is 4.22. The average Bonchev–Trinajstić information content (AvgIpc) is 2.16. The van der Waals surface area contributed by atoms with E-state index >= 15 is 0 Å². The van der Waals surface area contributed by atoms with Crippen molar-refractivity contribution < 1.29 is 0 Å². The summed E-state index contributed by atoms with van der Waals surface area (Å²) >= 11 is 2.25. The molecule has 14 heavy (non-hydrogen) atoms. The molecule has 0 aliphatic carbocycles. The van der Waals surface area contributed by atoms with Crippen LogP contribution in [0.1, 0.15) is 27.2 Å². The largest absolute Gasteiger partial charge is 0.366 e. The van der Waals surface area contributed by atoms with Gasteiger partial charge in [0.15, 0.2) is 0 Å². The zero-order valence-electron chi connectivity index (χ0n) is 8.79. The molecule has 0 spiro atoms. The highest BCUT2D eigenvalue weighted by atomic mass is 127. The van der Waals surface area contributed by atoms with Gasteiger partial charge in [-0.1, -0.05) is 20.8 Å². The third kappa shape index (κ3) is 3.08. The van der Waals surface area contributed by atoms with Crippen LogP contribution in [0.2, 0.25) is 0 Å². The van der Waals surface area contributed by atoms with Gasteiger partial charge in [0.2, 0.25) is 0 Å². The zero-order valence-corrected chi connectivity index (χ0v) is 10.9. The fourth-order valence-corrected chi connectivity index (χ4v) is 1.79. The second kappa shape index (κ2) is 5.48. The van der Waals surface area contributed by atoms with E-state index in [1.807, 2.05) is 6.20 Å². The van der Waals surface area contributed by atoms with Gasteiger partial charge in [0.1, 0.15) is 12.1 Å². The van der Waals surface area contributed by atoms with E-state index in [4.69, 9.17) is 0 Å². The second-order valence-electron chi connectivity index (χ2n) is 3.62. The molecule has 1 N–H and O–H groups in total. The van der Waals surface area contributed by atoms with Crippen LogP contribution < -0.4 is 5.32 Å². The average molecular weight is 305 g/mol. The number of anilines is 1. The van der Waals surface area contributed by atoms with E-state index in [0.29, 0.717) is 12.0 Å². The quantitative estimate of drug-likeness (QED) is 0.869. The summed E-state index contributed by atoms with van der Waals surface area (Å²) in [7, 11) is 0. The van der Waals surface area contributed by atoms with Crippen molar-refractivity contribution in [2.24, 2.45) is 5.92 Å². The van der Waals surface area contributed by atoms with Crippen LogP contribution in [0.5, 0.6) is 0 Å². The minimum absolute atomic E-state index is 0.485. The van der Waals surface area contributed by atoms with Crippen molar-refractivity contribution in [3.63, 3.8) is 0 Å². The Morgan fingerprint density at radius 3 is 2.71 bits per heavy atom. The zero-order chi connectivity index (χ0) is 10.6. The minimum atomic E-state index is 0.485. The summed E-state index contributed by atoms with van der Waals surface area (Å²) in [5, 5.41) is 3.44. The monoisotopic (exact) mass is 305 g/mol. The lowest BCUT2D eigenvalue weighted by atomic mass is 10.0. The molecule has 0 amide bonds. The fraction of sp³-hybridized carbons (Fsp3) is 0.600. The SMILES string of the molecule is CCC(Nc1ncncc1I)C(C)C. The molecule has 1 aromatic heterocycles. The molecule has 4 heteroatoms. The summed E-state index contributed by atoms with van der Waals surface area (Å²) in [5.41, 5.74) is 0. The molecule has 0 bridgehead atoms. The van der Waals surface area contributed by atoms with Crippen molar-refractivity contribution >= 4 is 28.4 Å². The van der Waals surface area contributed by atoms with E-state index in [0.717, 1.165) is 15.8 Å². The van der Waals surface area contributed by atoms with Crippen molar-refractivity contribution in [2.75, 3.05) is 5.32 Å². The molecule has 0 aliphatic rings. The molecule has 3 nitrogen and oxygen atoms in total. The Morgan fingerprint density at radius 1 is 1.50 bits per heavy atom. The smallest absolute Gasteiger partial charge is 0.143 e. The first kappa shape index (κ1) is 11.7. The van der Waals surface area contributed by atoms with Gasteiger partial charge in [-0.2, -0.15) is 0 Å². The summed E-state index contributed by atoms with van der Waals surface area (Å²) in [4.78, 5) is 8.18. The number of rotatable bonds is 4. The van der Waals surface area contributed by atoms with Crippen molar-refractivity contribution in [1.82, 2.24) is 9.97 Å². The Kier molecular flexibility index (Phi) is 4.57. The highest BCUT2D eigenvalue weighted by Gasteiger charge is 2.12. The van der Waals surface area contributed by atoms with Crippen LogP contribution in [0.15, 0.2) is 12.5 Å². The molecule has 1 heterocycles. The summed E-state index contributed by atoms with van der Waals surface area (Å²) in [6.07, 6.45) is 4.51. The van der Waals surface area contributed by atoms with Crippen LogP contribution in [0.3, 0.4) is 0 Å². The predicted molar refractivity (Wildman–Crippen MR) is 67.3 cm³/mol. The number of aromatic nitrogens is 2. The molecule has 0 fully saturated rings. The molecule has 0 radical (unpaired) electrons. The standard InChI is InChI=1S/C10H16IN3/c1-4-9(7(2)3)14-10-8(11)5-12-6-13-10/h5-7,9H,4H2,1-3H3,(H,12,13,14). The molecular formula is C10H16IN3. The van der Waals surface area contributed by atoms with E-state index in [1.165, 1.54) is 0 Å². The summed E-state index contributed by atoms with van der Waals surface area (Å²) in [6, 6.07) is 0.485. The fourth-order valence-electron chi connectivity index (χ4n) is 1.33. The second-order valence-corrected chi connectivity index (χ2v) is 4.78. The van der Waals surface area contributed by atoms with Gasteiger partial charge in [0.05, 0.1) is 3.57 Å². The highest BCUT2D eigenvalue weighted by Crippen LogP contribution is 2.17. The van der Waals surface area contributed by atoms with Gasteiger partial charge in [0.25, 0.3) is 0 Å². The van der Waals surface area contributed by atoms with Crippen LogP contribution in [0.4, 0.5) is 5.82 Å². The van der Waals surface area contributed by atoms with Crippen molar-refractivity contribution in [3.8, 4) is 0 Å². The topological polar surface area (TPSA) is 37.8 Å². The Bertz CT molecular complexity index is 288. The van der Waals surface area contributed by atoms with Crippen LogP contribution >= 0.6 is 22.6 Å². The van der Waals surface area contributed by atoms with E-state index in [-0.39, 0.29) is 0 Å². The number of hydrogen-bond acceptors (Lipinski definition) is 3. The lowest BCUT2D eigenvalue weighted by Gasteiger charge is -2.21. The van der Waals surface area contributed by atoms with Gasteiger partial charge in [0, 0.05) is 12.2 Å². The molecular weight excluding hydrogens is 289 g/mol. The predicted octanol–water partition coefficient (Wildman–Crippen LogP) is 2.93. The molecule has 0 saturated heterocycles. The normalized spacial score (nSPS) is 12.9. The Labute approximate surface area is 98.9 Å². The first-order valence-electron chi connectivity index (χ1n) is 4.87. The van der Waals surface area contributed by atoms with E-state index < -0.39 is 0 Å². The number of hydrogen-bond donors (Lipinski definition) is 1. The Morgan fingerprint density at radius 2 is 2.21 bits per heavy atom. The maximum atomic E-state index is 4.22. The molecule has 1 unspecified atom stereocenters. The molecule has 1 aromatic rings. The number of nitrogens with zero attached hydrogens (tertiary/aromatic N) is 2. The highest BCUT2D eigenvalue weighted by molar-refractivity contribution is 14.1. The molecule has 1 atom stereocenters. The maximum Gasteiger partial charge on any atom is 0.143 e. The van der Waals surface area contributed by atoms with Gasteiger partial charge in [-0.15, -0.1) is 0 Å². The third-order valence-electron chi connectivity index (χ3n) is 2.23. The summed E-state index contributed by atoms with van der Waals surface area (Å²) in [6.45, 7) is 6.62. The van der Waals surface area contributed by atoms with Gasteiger partial charge in [-0.05, 0) is 34.9 Å². The third-order valence-corrected chi connectivity index (χ3v) is 3.02. The lowest BCUT2D eigenvalue weighted by Crippen LogP contribution is -2.25.